The molecule has 17 heavy (non-hydrogen) atoms. The second-order valence-corrected chi connectivity index (χ2v) is 5.68. The molecule has 0 aromatic carbocycles. The van der Waals surface area contributed by atoms with Crippen LogP contribution in [0.15, 0.2) is 12.1 Å². The summed E-state index contributed by atoms with van der Waals surface area (Å²) in [7, 11) is 0. The van der Waals surface area contributed by atoms with Crippen molar-refractivity contribution in [3.8, 4) is 0 Å². The summed E-state index contributed by atoms with van der Waals surface area (Å²) in [6, 6.07) is 4.70. The molecule has 0 amide bonds. The molecular weight excluding hydrogens is 236 g/mol. The van der Waals surface area contributed by atoms with Gasteiger partial charge in [0.2, 0.25) is 0 Å². The van der Waals surface area contributed by atoms with Gasteiger partial charge in [-0.05, 0) is 24.5 Å². The Hall–Kier alpha value is -0.930. The number of fused-ring (bicyclic) bond motifs is 2. The van der Waals surface area contributed by atoms with Crippen molar-refractivity contribution in [3.05, 3.63) is 28.5 Å². The van der Waals surface area contributed by atoms with E-state index >= 15 is 0 Å². The number of nitrogens with zero attached hydrogens (tertiary/aromatic N) is 2. The van der Waals surface area contributed by atoms with Crippen molar-refractivity contribution in [1.82, 2.24) is 9.88 Å². The minimum Gasteiger partial charge on any atom is -0.299 e. The highest BCUT2D eigenvalue weighted by Crippen LogP contribution is 2.47. The lowest BCUT2D eigenvalue weighted by Gasteiger charge is -2.43. The van der Waals surface area contributed by atoms with E-state index in [2.05, 4.69) is 9.88 Å². The van der Waals surface area contributed by atoms with Crippen molar-refractivity contribution < 1.29 is 4.79 Å². The van der Waals surface area contributed by atoms with Crippen molar-refractivity contribution in [3.63, 3.8) is 0 Å². The van der Waals surface area contributed by atoms with Gasteiger partial charge >= 0.3 is 0 Å². The van der Waals surface area contributed by atoms with Crippen LogP contribution in [0.2, 0.25) is 5.15 Å². The predicted octanol–water partition coefficient (Wildman–Crippen LogP) is 2.14. The van der Waals surface area contributed by atoms with Crippen LogP contribution in [0.25, 0.3) is 0 Å². The van der Waals surface area contributed by atoms with Gasteiger partial charge in [-0.2, -0.15) is 0 Å². The maximum atomic E-state index is 12.2. The summed E-state index contributed by atoms with van der Waals surface area (Å²) in [5.74, 6) is 0.459. The van der Waals surface area contributed by atoms with Crippen LogP contribution in [0.4, 0.5) is 0 Å². The number of halogens is 1. The number of aromatic nitrogens is 1. The topological polar surface area (TPSA) is 33.2 Å². The Morgan fingerprint density at radius 3 is 3.12 bits per heavy atom. The highest BCUT2D eigenvalue weighted by molar-refractivity contribution is 6.29. The molecule has 4 bridgehead atoms. The summed E-state index contributed by atoms with van der Waals surface area (Å²) in [5, 5.41) is 0.532. The van der Waals surface area contributed by atoms with Gasteiger partial charge in [0.05, 0.1) is 11.6 Å². The van der Waals surface area contributed by atoms with E-state index in [1.54, 1.807) is 0 Å². The normalized spacial score (nSPS) is 38.1. The lowest BCUT2D eigenvalue weighted by Crippen LogP contribution is -2.51. The number of Topliss-reactive ketones (excluding diaryl/α,β-unsaturated/α-hetero) is 1. The van der Waals surface area contributed by atoms with Crippen molar-refractivity contribution in [1.29, 1.82) is 0 Å². The van der Waals surface area contributed by atoms with Gasteiger partial charge < -0.3 is 0 Å². The summed E-state index contributed by atoms with van der Waals surface area (Å²) in [5.41, 5.74) is 2.14. The molecule has 0 aliphatic carbocycles. The molecule has 0 spiro atoms. The fourth-order valence-corrected chi connectivity index (χ4v) is 3.98. The first-order valence-corrected chi connectivity index (χ1v) is 6.55. The average molecular weight is 249 g/mol. The van der Waals surface area contributed by atoms with Crippen molar-refractivity contribution >= 4 is 17.4 Å². The fourth-order valence-electron chi connectivity index (χ4n) is 3.81. The number of pyridine rings is 1. The van der Waals surface area contributed by atoms with Gasteiger partial charge in [-0.1, -0.05) is 17.7 Å². The second-order valence-electron chi connectivity index (χ2n) is 5.29. The summed E-state index contributed by atoms with van der Waals surface area (Å²) >= 11 is 5.94. The van der Waals surface area contributed by atoms with Crippen LogP contribution in [0.3, 0.4) is 0 Å². The van der Waals surface area contributed by atoms with E-state index in [-0.39, 0.29) is 5.92 Å². The molecule has 4 rings (SSSR count). The van der Waals surface area contributed by atoms with Crippen LogP contribution >= 0.6 is 11.6 Å². The van der Waals surface area contributed by atoms with E-state index in [0.29, 0.717) is 23.0 Å². The zero-order valence-corrected chi connectivity index (χ0v) is 10.2. The van der Waals surface area contributed by atoms with Crippen LogP contribution in [0, 0.1) is 0 Å². The Morgan fingerprint density at radius 1 is 1.35 bits per heavy atom. The molecule has 1 aromatic rings. The van der Waals surface area contributed by atoms with E-state index < -0.39 is 0 Å². The van der Waals surface area contributed by atoms with Gasteiger partial charge in [-0.3, -0.25) is 9.69 Å². The van der Waals surface area contributed by atoms with E-state index in [0.717, 1.165) is 37.1 Å². The summed E-state index contributed by atoms with van der Waals surface area (Å²) in [6.07, 6.45) is 3.04. The number of carbonyl (C=O) groups excluding carboxylic acids is 1. The number of rotatable bonds is 0. The molecule has 3 nitrogen and oxygen atoms in total. The maximum absolute atomic E-state index is 12.2. The van der Waals surface area contributed by atoms with Crippen molar-refractivity contribution in [2.75, 3.05) is 0 Å². The lowest BCUT2D eigenvalue weighted by molar-refractivity contribution is -0.126. The number of carbonyl (C=O) groups is 1. The van der Waals surface area contributed by atoms with E-state index in [9.17, 15) is 4.79 Å². The monoisotopic (exact) mass is 248 g/mol. The minimum atomic E-state index is 0.0577. The minimum absolute atomic E-state index is 0.0577. The fraction of sp³-hybridized carbons (Fsp3) is 0.538. The smallest absolute Gasteiger partial charge is 0.143 e. The molecule has 4 heterocycles. The Balaban J connectivity index is 1.90. The number of hydrogen-bond acceptors (Lipinski definition) is 3. The SMILES string of the molecule is O=C1C[C@@H]2CC[C@@H]3C1c1ccc(Cl)nc1CN23. The molecule has 2 fully saturated rings. The lowest BCUT2D eigenvalue weighted by atomic mass is 9.79. The molecule has 0 saturated carbocycles. The molecule has 88 valence electrons. The molecule has 2 unspecified atom stereocenters. The Bertz CT molecular complexity index is 516. The Labute approximate surface area is 105 Å². The molecule has 0 N–H and O–H groups in total. The third kappa shape index (κ3) is 1.27. The van der Waals surface area contributed by atoms with Crippen LogP contribution in [-0.2, 0) is 11.3 Å². The van der Waals surface area contributed by atoms with Gasteiger partial charge in [0, 0.05) is 25.0 Å². The molecule has 4 atom stereocenters. The molecular formula is C13H13ClN2O. The van der Waals surface area contributed by atoms with Crippen LogP contribution in [0.5, 0.6) is 0 Å². The van der Waals surface area contributed by atoms with Gasteiger partial charge in [0.25, 0.3) is 0 Å². The quantitative estimate of drug-likeness (QED) is 0.660. The van der Waals surface area contributed by atoms with Gasteiger partial charge in [0.15, 0.2) is 0 Å². The predicted molar refractivity (Wildman–Crippen MR) is 64.0 cm³/mol. The van der Waals surface area contributed by atoms with Crippen molar-refractivity contribution in [2.45, 2.75) is 43.8 Å². The van der Waals surface area contributed by atoms with Gasteiger partial charge in [0.1, 0.15) is 10.9 Å². The van der Waals surface area contributed by atoms with Crippen LogP contribution in [0.1, 0.15) is 36.4 Å². The van der Waals surface area contributed by atoms with Crippen molar-refractivity contribution in [2.24, 2.45) is 0 Å². The van der Waals surface area contributed by atoms with Crippen LogP contribution < -0.4 is 0 Å². The molecule has 1 aromatic heterocycles. The van der Waals surface area contributed by atoms with E-state index in [4.69, 9.17) is 11.6 Å². The number of piperidine rings is 1. The number of hydrogen-bond donors (Lipinski definition) is 0. The largest absolute Gasteiger partial charge is 0.299 e. The third-order valence-electron chi connectivity index (χ3n) is 4.50. The van der Waals surface area contributed by atoms with Gasteiger partial charge in [-0.15, -0.1) is 0 Å². The standard InChI is InChI=1S/C13H13ClN2O/c14-12-4-2-8-9(15-12)6-16-7-1-3-10(16)13(8)11(17)5-7/h2,4,7,10,13H,1,3,5-6H2/t7-,10+,13?/m0/s1. The first-order valence-electron chi connectivity index (χ1n) is 6.18. The number of ketones is 1. The Kier molecular flexibility index (Phi) is 1.95. The van der Waals surface area contributed by atoms with E-state index in [1.165, 1.54) is 0 Å². The maximum Gasteiger partial charge on any atom is 0.143 e. The summed E-state index contributed by atoms with van der Waals surface area (Å²) in [4.78, 5) is 19.1. The highest BCUT2D eigenvalue weighted by atomic mass is 35.5. The Morgan fingerprint density at radius 2 is 2.24 bits per heavy atom. The zero-order valence-electron chi connectivity index (χ0n) is 9.40. The molecule has 3 aliphatic rings. The average Bonchev–Trinajstić information content (AvgIpc) is 2.58. The van der Waals surface area contributed by atoms with Crippen LogP contribution in [-0.4, -0.2) is 27.8 Å². The summed E-state index contributed by atoms with van der Waals surface area (Å²) < 4.78 is 0. The zero-order chi connectivity index (χ0) is 11.6. The van der Waals surface area contributed by atoms with Gasteiger partial charge in [-0.25, -0.2) is 4.98 Å². The molecule has 0 radical (unpaired) electrons. The first-order chi connectivity index (χ1) is 8.24. The summed E-state index contributed by atoms with van der Waals surface area (Å²) in [6.45, 7) is 0.870. The van der Waals surface area contributed by atoms with E-state index in [1.807, 2.05) is 12.1 Å². The molecule has 2 saturated heterocycles. The molecule has 4 heteroatoms. The molecule has 3 aliphatic heterocycles. The highest BCUT2D eigenvalue weighted by Gasteiger charge is 2.50. The second kappa shape index (κ2) is 3.30. The third-order valence-corrected chi connectivity index (χ3v) is 4.71. The first kappa shape index (κ1) is 10.0.